The zero-order chi connectivity index (χ0) is 15.7. The van der Waals surface area contributed by atoms with E-state index in [4.69, 9.17) is 0 Å². The Labute approximate surface area is 122 Å². The van der Waals surface area contributed by atoms with Gasteiger partial charge in [-0.15, -0.1) is 0 Å². The lowest BCUT2D eigenvalue weighted by molar-refractivity contribution is -0.158. The number of carbonyl (C=O) groups is 1. The highest BCUT2D eigenvalue weighted by molar-refractivity contribution is 5.80. The maximum absolute atomic E-state index is 12.7. The smallest absolute Gasteiger partial charge is 0.401 e. The molecule has 2 fully saturated rings. The number of aliphatic carboxylic acids is 1. The Balaban J connectivity index is 2.13. The van der Waals surface area contributed by atoms with Crippen LogP contribution in [0.4, 0.5) is 13.2 Å². The van der Waals surface area contributed by atoms with E-state index in [1.165, 1.54) is 4.90 Å². The van der Waals surface area contributed by atoms with E-state index in [1.54, 1.807) is 0 Å². The number of nitrogens with zero attached hydrogens (tertiary/aromatic N) is 1. The quantitative estimate of drug-likeness (QED) is 0.686. The minimum absolute atomic E-state index is 0.0584. The van der Waals surface area contributed by atoms with Crippen molar-refractivity contribution in [1.29, 1.82) is 0 Å². The number of alkyl halides is 3. The lowest BCUT2D eigenvalue weighted by atomic mass is 9.91. The molecule has 122 valence electrons. The van der Waals surface area contributed by atoms with Crippen molar-refractivity contribution in [3.05, 3.63) is 0 Å². The molecule has 2 aliphatic rings. The summed E-state index contributed by atoms with van der Waals surface area (Å²) >= 11 is 0. The summed E-state index contributed by atoms with van der Waals surface area (Å²) in [7, 11) is 0. The third kappa shape index (κ3) is 4.32. The Morgan fingerprint density at radius 1 is 1.24 bits per heavy atom. The van der Waals surface area contributed by atoms with Crippen molar-refractivity contribution < 1.29 is 23.1 Å². The van der Waals surface area contributed by atoms with Crippen LogP contribution in [-0.4, -0.2) is 53.4 Å². The van der Waals surface area contributed by atoms with Gasteiger partial charge in [-0.05, 0) is 44.6 Å². The molecule has 2 rings (SSSR count). The number of carboxylic acid groups (broad SMARTS) is 1. The first-order valence-corrected chi connectivity index (χ1v) is 7.57. The number of rotatable bonds is 9. The van der Waals surface area contributed by atoms with Crippen LogP contribution in [0.2, 0.25) is 0 Å². The Hall–Kier alpha value is -0.820. The maximum atomic E-state index is 12.7. The topological polar surface area (TPSA) is 52.6 Å². The van der Waals surface area contributed by atoms with Crippen molar-refractivity contribution in [3.8, 4) is 0 Å². The van der Waals surface area contributed by atoms with Crippen molar-refractivity contribution in [2.24, 2.45) is 5.92 Å². The van der Waals surface area contributed by atoms with Gasteiger partial charge in [-0.1, -0.05) is 6.92 Å². The van der Waals surface area contributed by atoms with Gasteiger partial charge in [0, 0.05) is 12.6 Å². The largest absolute Gasteiger partial charge is 0.480 e. The molecule has 0 aliphatic heterocycles. The first-order valence-electron chi connectivity index (χ1n) is 7.57. The fourth-order valence-corrected chi connectivity index (χ4v) is 2.88. The van der Waals surface area contributed by atoms with Crippen LogP contribution in [0.15, 0.2) is 0 Å². The van der Waals surface area contributed by atoms with Gasteiger partial charge in [0.25, 0.3) is 0 Å². The predicted molar refractivity (Wildman–Crippen MR) is 72.0 cm³/mol. The van der Waals surface area contributed by atoms with Crippen LogP contribution in [0.5, 0.6) is 0 Å². The molecule has 0 spiro atoms. The van der Waals surface area contributed by atoms with E-state index in [1.807, 2.05) is 6.92 Å². The highest BCUT2D eigenvalue weighted by Crippen LogP contribution is 2.42. The van der Waals surface area contributed by atoms with E-state index in [0.717, 1.165) is 32.1 Å². The molecule has 0 heterocycles. The van der Waals surface area contributed by atoms with Gasteiger partial charge in [0.1, 0.15) is 5.54 Å². The van der Waals surface area contributed by atoms with Gasteiger partial charge in [-0.2, -0.15) is 13.2 Å². The van der Waals surface area contributed by atoms with Crippen LogP contribution in [0.25, 0.3) is 0 Å². The molecule has 0 radical (unpaired) electrons. The van der Waals surface area contributed by atoms with Crippen LogP contribution in [0, 0.1) is 5.92 Å². The average molecular weight is 308 g/mol. The molecular weight excluding hydrogens is 285 g/mol. The van der Waals surface area contributed by atoms with E-state index in [0.29, 0.717) is 6.54 Å². The van der Waals surface area contributed by atoms with Gasteiger partial charge >= 0.3 is 12.1 Å². The predicted octanol–water partition coefficient (Wildman–Crippen LogP) is 2.25. The SMILES string of the molecule is CCCNC(CN(CC(F)(F)F)C1CC1)(C(=O)O)C1CC1. The van der Waals surface area contributed by atoms with Gasteiger partial charge in [0.15, 0.2) is 0 Å². The fraction of sp³-hybridized carbons (Fsp3) is 0.929. The Morgan fingerprint density at radius 2 is 1.86 bits per heavy atom. The summed E-state index contributed by atoms with van der Waals surface area (Å²) in [5.74, 6) is -1.08. The van der Waals surface area contributed by atoms with E-state index in [2.05, 4.69) is 5.32 Å². The molecular formula is C14H23F3N2O2. The molecule has 1 unspecified atom stereocenters. The second kappa shape index (κ2) is 6.12. The van der Waals surface area contributed by atoms with Crippen molar-refractivity contribution in [3.63, 3.8) is 0 Å². The van der Waals surface area contributed by atoms with Crippen LogP contribution in [0.1, 0.15) is 39.0 Å². The minimum Gasteiger partial charge on any atom is -0.480 e. The summed E-state index contributed by atoms with van der Waals surface area (Å²) in [5, 5.41) is 12.7. The van der Waals surface area contributed by atoms with E-state index in [-0.39, 0.29) is 18.5 Å². The lowest BCUT2D eigenvalue weighted by Gasteiger charge is -2.36. The average Bonchev–Trinajstić information content (AvgIpc) is 3.24. The summed E-state index contributed by atoms with van der Waals surface area (Å²) < 4.78 is 38.2. The summed E-state index contributed by atoms with van der Waals surface area (Å²) in [4.78, 5) is 13.1. The molecule has 2 saturated carbocycles. The van der Waals surface area contributed by atoms with Crippen molar-refractivity contribution in [2.75, 3.05) is 19.6 Å². The fourth-order valence-electron chi connectivity index (χ4n) is 2.88. The maximum Gasteiger partial charge on any atom is 0.401 e. The van der Waals surface area contributed by atoms with Crippen LogP contribution >= 0.6 is 0 Å². The molecule has 4 nitrogen and oxygen atoms in total. The molecule has 2 N–H and O–H groups in total. The molecule has 0 amide bonds. The second-order valence-electron chi connectivity index (χ2n) is 6.23. The van der Waals surface area contributed by atoms with E-state index < -0.39 is 24.2 Å². The highest BCUT2D eigenvalue weighted by atomic mass is 19.4. The van der Waals surface area contributed by atoms with Crippen LogP contribution < -0.4 is 5.32 Å². The van der Waals surface area contributed by atoms with Crippen molar-refractivity contribution in [2.45, 2.75) is 56.8 Å². The molecule has 7 heteroatoms. The standard InChI is InChI=1S/C14H23F3N2O2/c1-2-7-18-13(12(20)21,10-3-4-10)8-19(11-5-6-11)9-14(15,16)17/h10-11,18H,2-9H2,1H3,(H,20,21). The Morgan fingerprint density at radius 3 is 2.24 bits per heavy atom. The summed E-state index contributed by atoms with van der Waals surface area (Å²) in [5.41, 5.74) is -1.23. The molecule has 0 aromatic carbocycles. The zero-order valence-corrected chi connectivity index (χ0v) is 12.2. The Kier molecular flexibility index (Phi) is 4.82. The molecule has 1 atom stereocenters. The summed E-state index contributed by atoms with van der Waals surface area (Å²) in [6.45, 7) is 1.35. The molecule has 0 aromatic rings. The monoisotopic (exact) mass is 308 g/mol. The first-order chi connectivity index (χ1) is 9.78. The van der Waals surface area contributed by atoms with Gasteiger partial charge in [0.2, 0.25) is 0 Å². The first kappa shape index (κ1) is 16.5. The summed E-state index contributed by atoms with van der Waals surface area (Å²) in [6.07, 6.45) is -0.541. The molecule has 21 heavy (non-hydrogen) atoms. The normalized spacial score (nSPS) is 22.3. The molecule has 2 aliphatic carbocycles. The third-order valence-corrected chi connectivity index (χ3v) is 4.24. The van der Waals surface area contributed by atoms with E-state index >= 15 is 0 Å². The lowest BCUT2D eigenvalue weighted by Crippen LogP contribution is -2.62. The number of hydrogen-bond acceptors (Lipinski definition) is 3. The molecule has 0 bridgehead atoms. The third-order valence-electron chi connectivity index (χ3n) is 4.24. The van der Waals surface area contributed by atoms with Gasteiger partial charge in [-0.3, -0.25) is 9.69 Å². The highest BCUT2D eigenvalue weighted by Gasteiger charge is 2.53. The summed E-state index contributed by atoms with van der Waals surface area (Å²) in [6, 6.07) is -0.118. The number of halogens is 3. The molecule has 0 saturated heterocycles. The number of nitrogens with one attached hydrogen (secondary N) is 1. The number of hydrogen-bond donors (Lipinski definition) is 2. The van der Waals surface area contributed by atoms with Crippen LogP contribution in [-0.2, 0) is 4.79 Å². The van der Waals surface area contributed by atoms with Gasteiger partial charge in [0.05, 0.1) is 6.54 Å². The Bertz CT molecular complexity index is 381. The van der Waals surface area contributed by atoms with Crippen molar-refractivity contribution >= 4 is 5.97 Å². The minimum atomic E-state index is -4.29. The van der Waals surface area contributed by atoms with Crippen molar-refractivity contribution in [1.82, 2.24) is 10.2 Å². The van der Waals surface area contributed by atoms with Gasteiger partial charge < -0.3 is 10.4 Å². The molecule has 0 aromatic heterocycles. The van der Waals surface area contributed by atoms with Gasteiger partial charge in [-0.25, -0.2) is 0 Å². The second-order valence-corrected chi connectivity index (χ2v) is 6.23. The number of carboxylic acids is 1. The zero-order valence-electron chi connectivity index (χ0n) is 12.2. The van der Waals surface area contributed by atoms with E-state index in [9.17, 15) is 23.1 Å². The van der Waals surface area contributed by atoms with Crippen LogP contribution in [0.3, 0.4) is 0 Å².